The standard InChI is InChI=1S/C23H30I2/c1-14-18(22(3,4)5)11-9-16(20(14)24)13-17-10-12-19(23(6,7)8)15(2)21(17)25/h9-12H,13H2,1-8H3. The van der Waals surface area contributed by atoms with E-state index in [2.05, 4.69) is 125 Å². The van der Waals surface area contributed by atoms with E-state index in [1.165, 1.54) is 40.5 Å². The zero-order valence-electron chi connectivity index (χ0n) is 16.8. The van der Waals surface area contributed by atoms with Crippen LogP contribution >= 0.6 is 45.2 Å². The van der Waals surface area contributed by atoms with Crippen LogP contribution in [0.2, 0.25) is 0 Å². The van der Waals surface area contributed by atoms with Crippen molar-refractivity contribution in [1.82, 2.24) is 0 Å². The van der Waals surface area contributed by atoms with Crippen molar-refractivity contribution in [3.63, 3.8) is 0 Å². The molecule has 0 amide bonds. The Hall–Kier alpha value is -0.1000. The lowest BCUT2D eigenvalue weighted by atomic mass is 9.82. The zero-order valence-corrected chi connectivity index (χ0v) is 21.1. The molecule has 2 rings (SSSR count). The van der Waals surface area contributed by atoms with Crippen molar-refractivity contribution in [2.24, 2.45) is 0 Å². The average Bonchev–Trinajstić information content (AvgIpc) is 2.46. The van der Waals surface area contributed by atoms with Crippen LogP contribution in [0.15, 0.2) is 24.3 Å². The van der Waals surface area contributed by atoms with Gasteiger partial charge in [-0.1, -0.05) is 65.8 Å². The smallest absolute Gasteiger partial charge is 0.0197 e. The maximum Gasteiger partial charge on any atom is 0.0197 e. The van der Waals surface area contributed by atoms with Crippen LogP contribution in [0.3, 0.4) is 0 Å². The first-order valence-electron chi connectivity index (χ1n) is 8.91. The molecule has 0 aliphatic rings. The summed E-state index contributed by atoms with van der Waals surface area (Å²) >= 11 is 5.07. The van der Waals surface area contributed by atoms with Crippen LogP contribution in [0.4, 0.5) is 0 Å². The van der Waals surface area contributed by atoms with Crippen molar-refractivity contribution in [2.45, 2.75) is 72.6 Å². The lowest BCUT2D eigenvalue weighted by molar-refractivity contribution is 0.585. The third-order valence-electron chi connectivity index (χ3n) is 4.93. The molecule has 2 aromatic carbocycles. The lowest BCUT2D eigenvalue weighted by Crippen LogP contribution is -2.15. The van der Waals surface area contributed by atoms with Gasteiger partial charge in [0.2, 0.25) is 0 Å². The number of rotatable bonds is 2. The molecule has 0 aromatic heterocycles. The van der Waals surface area contributed by atoms with Crippen molar-refractivity contribution in [3.8, 4) is 0 Å². The summed E-state index contributed by atoms with van der Waals surface area (Å²) in [4.78, 5) is 0. The highest BCUT2D eigenvalue weighted by Gasteiger charge is 2.21. The van der Waals surface area contributed by atoms with Gasteiger partial charge < -0.3 is 0 Å². The summed E-state index contributed by atoms with van der Waals surface area (Å²) in [6, 6.07) is 9.32. The molecule has 0 N–H and O–H groups in total. The Labute approximate surface area is 181 Å². The van der Waals surface area contributed by atoms with Crippen molar-refractivity contribution in [1.29, 1.82) is 0 Å². The first kappa shape index (κ1) is 21.2. The normalized spacial score (nSPS) is 12.6. The molecule has 0 saturated heterocycles. The van der Waals surface area contributed by atoms with Gasteiger partial charge in [-0.2, -0.15) is 0 Å². The van der Waals surface area contributed by atoms with Gasteiger partial charge in [0.25, 0.3) is 0 Å². The second-order valence-electron chi connectivity index (χ2n) is 9.10. The van der Waals surface area contributed by atoms with Gasteiger partial charge in [0.15, 0.2) is 0 Å². The monoisotopic (exact) mass is 560 g/mol. The number of benzene rings is 2. The molecule has 0 atom stereocenters. The van der Waals surface area contributed by atoms with E-state index in [0.717, 1.165) is 6.42 Å². The summed E-state index contributed by atoms with van der Waals surface area (Å²) in [5.41, 5.74) is 9.04. The Bertz CT molecular complexity index is 720. The predicted octanol–water partition coefficient (Wildman–Crippen LogP) is 7.70. The van der Waals surface area contributed by atoms with Gasteiger partial charge in [0.05, 0.1) is 0 Å². The van der Waals surface area contributed by atoms with Crippen LogP contribution < -0.4 is 0 Å². The van der Waals surface area contributed by atoms with Crippen LogP contribution in [0.25, 0.3) is 0 Å². The minimum Gasteiger partial charge on any atom is -0.0579 e. The van der Waals surface area contributed by atoms with Crippen LogP contribution in [0, 0.1) is 21.0 Å². The highest BCUT2D eigenvalue weighted by Crippen LogP contribution is 2.34. The summed E-state index contributed by atoms with van der Waals surface area (Å²) in [6.45, 7) is 18.3. The van der Waals surface area contributed by atoms with E-state index in [1.807, 2.05) is 0 Å². The molecular formula is C23H30I2. The van der Waals surface area contributed by atoms with Crippen LogP contribution in [-0.2, 0) is 17.3 Å². The molecule has 0 aliphatic heterocycles. The van der Waals surface area contributed by atoms with Crippen molar-refractivity contribution in [3.05, 3.63) is 64.8 Å². The number of hydrogen-bond donors (Lipinski definition) is 0. The van der Waals surface area contributed by atoms with E-state index < -0.39 is 0 Å². The SMILES string of the molecule is Cc1c(C(C)(C)C)ccc(Cc2ccc(C(C)(C)C)c(C)c2I)c1I. The molecule has 136 valence electrons. The maximum atomic E-state index is 2.53. The first-order chi connectivity index (χ1) is 11.3. The Kier molecular flexibility index (Phi) is 6.35. The zero-order chi connectivity index (χ0) is 19.2. The Morgan fingerprint density at radius 2 is 0.960 bits per heavy atom. The molecule has 0 bridgehead atoms. The van der Waals surface area contributed by atoms with Gasteiger partial charge in [-0.15, -0.1) is 0 Å². The van der Waals surface area contributed by atoms with E-state index >= 15 is 0 Å². The topological polar surface area (TPSA) is 0 Å². The van der Waals surface area contributed by atoms with Gasteiger partial charge in [-0.3, -0.25) is 0 Å². The maximum absolute atomic E-state index is 2.53. The fourth-order valence-corrected chi connectivity index (χ4v) is 4.91. The van der Waals surface area contributed by atoms with Crippen molar-refractivity contribution >= 4 is 45.2 Å². The molecule has 25 heavy (non-hydrogen) atoms. The van der Waals surface area contributed by atoms with Gasteiger partial charge in [-0.05, 0) is 110 Å². The van der Waals surface area contributed by atoms with Crippen LogP contribution in [0.1, 0.15) is 74.9 Å². The fourth-order valence-electron chi connectivity index (χ4n) is 3.59. The number of hydrogen-bond acceptors (Lipinski definition) is 0. The summed E-state index contributed by atoms with van der Waals surface area (Å²) in [7, 11) is 0. The van der Waals surface area contributed by atoms with E-state index in [4.69, 9.17) is 0 Å². The minimum absolute atomic E-state index is 0.196. The highest BCUT2D eigenvalue weighted by molar-refractivity contribution is 14.1. The molecule has 0 aliphatic carbocycles. The van der Waals surface area contributed by atoms with E-state index in [1.54, 1.807) is 0 Å². The lowest BCUT2D eigenvalue weighted by Gasteiger charge is -2.25. The van der Waals surface area contributed by atoms with Gasteiger partial charge >= 0.3 is 0 Å². The average molecular weight is 560 g/mol. The van der Waals surface area contributed by atoms with Gasteiger partial charge in [0.1, 0.15) is 0 Å². The first-order valence-corrected chi connectivity index (χ1v) is 11.1. The Balaban J connectivity index is 2.45. The second kappa shape index (κ2) is 7.49. The summed E-state index contributed by atoms with van der Waals surface area (Å²) in [5, 5.41) is 0. The number of halogens is 2. The van der Waals surface area contributed by atoms with Crippen LogP contribution in [-0.4, -0.2) is 0 Å². The Morgan fingerprint density at radius 3 is 1.24 bits per heavy atom. The third kappa shape index (κ3) is 4.60. The molecule has 0 fully saturated rings. The van der Waals surface area contributed by atoms with E-state index in [9.17, 15) is 0 Å². The molecule has 0 nitrogen and oxygen atoms in total. The third-order valence-corrected chi connectivity index (χ3v) is 7.93. The summed E-state index contributed by atoms with van der Waals surface area (Å²) in [5.74, 6) is 0. The summed E-state index contributed by atoms with van der Waals surface area (Å²) < 4.78 is 2.83. The highest BCUT2D eigenvalue weighted by atomic mass is 127. The molecule has 0 unspecified atom stereocenters. The van der Waals surface area contributed by atoms with E-state index in [0.29, 0.717) is 0 Å². The molecular weight excluding hydrogens is 530 g/mol. The molecule has 0 spiro atoms. The minimum atomic E-state index is 0.196. The molecule has 0 radical (unpaired) electrons. The molecule has 2 heteroatoms. The summed E-state index contributed by atoms with van der Waals surface area (Å²) in [6.07, 6.45) is 1.01. The Morgan fingerprint density at radius 1 is 0.640 bits per heavy atom. The van der Waals surface area contributed by atoms with Gasteiger partial charge in [0, 0.05) is 7.14 Å². The fraction of sp³-hybridized carbons (Fsp3) is 0.478. The van der Waals surface area contributed by atoms with Gasteiger partial charge in [-0.25, -0.2) is 0 Å². The molecule has 0 saturated carbocycles. The van der Waals surface area contributed by atoms with E-state index in [-0.39, 0.29) is 10.8 Å². The van der Waals surface area contributed by atoms with Crippen molar-refractivity contribution in [2.75, 3.05) is 0 Å². The van der Waals surface area contributed by atoms with Crippen LogP contribution in [0.5, 0.6) is 0 Å². The largest absolute Gasteiger partial charge is 0.0579 e. The second-order valence-corrected chi connectivity index (χ2v) is 11.3. The van der Waals surface area contributed by atoms with Crippen molar-refractivity contribution < 1.29 is 0 Å². The quantitative estimate of drug-likeness (QED) is 0.331. The molecule has 2 aromatic rings. The molecule has 0 heterocycles. The predicted molar refractivity (Wildman–Crippen MR) is 128 cm³/mol.